The van der Waals surface area contributed by atoms with E-state index < -0.39 is 11.0 Å². The van der Waals surface area contributed by atoms with Gasteiger partial charge >= 0.3 is 0 Å². The second kappa shape index (κ2) is 7.11. The smallest absolute Gasteiger partial charge is 0.230 e. The van der Waals surface area contributed by atoms with Crippen molar-refractivity contribution in [2.45, 2.75) is 23.9 Å². The molecule has 27 heavy (non-hydrogen) atoms. The lowest BCUT2D eigenvalue weighted by molar-refractivity contribution is -0.124. The summed E-state index contributed by atoms with van der Waals surface area (Å²) in [5.41, 5.74) is -0.0595. The number of nitrogens with one attached hydrogen (secondary N) is 1. The molecule has 1 fully saturated rings. The van der Waals surface area contributed by atoms with Crippen molar-refractivity contribution >= 4 is 28.6 Å². The van der Waals surface area contributed by atoms with E-state index in [0.29, 0.717) is 0 Å². The highest BCUT2D eigenvalue weighted by atomic mass is 32.1. The molecule has 140 valence electrons. The summed E-state index contributed by atoms with van der Waals surface area (Å²) < 4.78 is 5.46. The van der Waals surface area contributed by atoms with Crippen LogP contribution in [0, 0.1) is 0 Å². The van der Waals surface area contributed by atoms with Gasteiger partial charge in [0.15, 0.2) is 0 Å². The Kier molecular flexibility index (Phi) is 4.80. The van der Waals surface area contributed by atoms with Gasteiger partial charge in [-0.05, 0) is 47.2 Å². The summed E-state index contributed by atoms with van der Waals surface area (Å²) in [7, 11) is 1.62. The Bertz CT molecular complexity index is 881. The molecule has 0 saturated heterocycles. The summed E-state index contributed by atoms with van der Waals surface area (Å²) in [4.78, 5) is 13.9. The van der Waals surface area contributed by atoms with Crippen molar-refractivity contribution in [3.8, 4) is 5.75 Å². The van der Waals surface area contributed by atoms with Gasteiger partial charge < -0.3 is 15.2 Å². The number of methoxy groups -OCH3 is 1. The molecule has 4 rings (SSSR count). The van der Waals surface area contributed by atoms with Gasteiger partial charge in [0.1, 0.15) is 11.4 Å². The number of amides is 1. The molecule has 1 aromatic carbocycles. The minimum atomic E-state index is -1.22. The molecule has 1 aliphatic rings. The van der Waals surface area contributed by atoms with Crippen molar-refractivity contribution < 1.29 is 14.6 Å². The Morgan fingerprint density at radius 1 is 1.22 bits per heavy atom. The third kappa shape index (κ3) is 3.18. The Balaban J connectivity index is 1.58. The first-order valence-corrected chi connectivity index (χ1v) is 10.6. The average Bonchev–Trinajstić information content (AvgIpc) is 3.11. The lowest BCUT2D eigenvalue weighted by Crippen LogP contribution is -2.44. The van der Waals surface area contributed by atoms with Crippen molar-refractivity contribution in [2.75, 3.05) is 13.7 Å². The maximum absolute atomic E-state index is 13.1. The first-order chi connectivity index (χ1) is 13.1. The summed E-state index contributed by atoms with van der Waals surface area (Å²) in [6, 6.07) is 13.4. The molecule has 2 N–H and O–H groups in total. The highest BCUT2D eigenvalue weighted by Gasteiger charge is 2.53. The van der Waals surface area contributed by atoms with Crippen LogP contribution in [-0.4, -0.2) is 24.7 Å². The van der Waals surface area contributed by atoms with Gasteiger partial charge in [0.05, 0.1) is 19.1 Å². The van der Waals surface area contributed by atoms with Crippen LogP contribution in [-0.2, 0) is 15.8 Å². The highest BCUT2D eigenvalue weighted by Crippen LogP contribution is 2.51. The Morgan fingerprint density at radius 2 is 2.04 bits per heavy atom. The van der Waals surface area contributed by atoms with E-state index in [4.69, 9.17) is 4.74 Å². The number of rotatable bonds is 7. The molecule has 1 unspecified atom stereocenters. The van der Waals surface area contributed by atoms with Gasteiger partial charge in [0, 0.05) is 16.0 Å². The summed E-state index contributed by atoms with van der Waals surface area (Å²) in [5.74, 6) is 0.675. The van der Waals surface area contributed by atoms with E-state index in [2.05, 4.69) is 5.32 Å². The average molecular weight is 400 g/mol. The predicted octanol–water partition coefficient (Wildman–Crippen LogP) is 3.90. The van der Waals surface area contributed by atoms with Crippen LogP contribution in [0.3, 0.4) is 0 Å². The van der Waals surface area contributed by atoms with E-state index in [-0.39, 0.29) is 12.5 Å². The molecule has 4 nitrogen and oxygen atoms in total. The number of para-hydroxylation sites is 1. The Labute approximate surface area is 166 Å². The molecule has 1 amide bonds. The van der Waals surface area contributed by atoms with E-state index in [1.807, 2.05) is 58.6 Å². The van der Waals surface area contributed by atoms with E-state index in [9.17, 15) is 9.90 Å². The zero-order valence-corrected chi connectivity index (χ0v) is 16.6. The molecule has 1 atom stereocenters. The van der Waals surface area contributed by atoms with Crippen molar-refractivity contribution in [1.82, 2.24) is 5.32 Å². The molecule has 1 saturated carbocycles. The third-order valence-electron chi connectivity index (χ3n) is 5.24. The van der Waals surface area contributed by atoms with Gasteiger partial charge in [-0.2, -0.15) is 11.3 Å². The quantitative estimate of drug-likeness (QED) is 0.633. The topological polar surface area (TPSA) is 58.6 Å². The Morgan fingerprint density at radius 3 is 2.67 bits per heavy atom. The first-order valence-electron chi connectivity index (χ1n) is 8.81. The van der Waals surface area contributed by atoms with Crippen molar-refractivity contribution in [3.05, 3.63) is 74.6 Å². The molecule has 0 radical (unpaired) electrons. The van der Waals surface area contributed by atoms with Crippen LogP contribution in [0.5, 0.6) is 5.75 Å². The number of ether oxygens (including phenoxy) is 1. The monoisotopic (exact) mass is 399 g/mol. The molecule has 0 spiro atoms. The minimum Gasteiger partial charge on any atom is -0.496 e. The van der Waals surface area contributed by atoms with E-state index in [0.717, 1.165) is 34.6 Å². The van der Waals surface area contributed by atoms with Gasteiger partial charge in [0.2, 0.25) is 5.91 Å². The number of carbonyl (C=O) groups excluding carboxylic acids is 1. The lowest BCUT2D eigenvalue weighted by Gasteiger charge is -2.28. The number of aliphatic hydroxyl groups is 1. The van der Waals surface area contributed by atoms with Gasteiger partial charge in [-0.1, -0.05) is 24.3 Å². The molecule has 3 aromatic rings. The molecule has 2 aromatic heterocycles. The van der Waals surface area contributed by atoms with Gasteiger partial charge in [0.25, 0.3) is 0 Å². The maximum Gasteiger partial charge on any atom is 0.230 e. The number of hydrogen-bond acceptors (Lipinski definition) is 5. The molecule has 1 aliphatic carbocycles. The van der Waals surface area contributed by atoms with Crippen LogP contribution in [0.1, 0.15) is 28.8 Å². The lowest BCUT2D eigenvalue weighted by atomic mass is 9.91. The zero-order chi connectivity index (χ0) is 18.9. The predicted molar refractivity (Wildman–Crippen MR) is 109 cm³/mol. The van der Waals surface area contributed by atoms with Crippen molar-refractivity contribution in [1.29, 1.82) is 0 Å². The number of hydrogen-bond donors (Lipinski definition) is 2. The Hall–Kier alpha value is -2.15. The minimum absolute atomic E-state index is 0.0581. The highest BCUT2D eigenvalue weighted by molar-refractivity contribution is 7.10. The van der Waals surface area contributed by atoms with E-state index >= 15 is 0 Å². The second-order valence-electron chi connectivity index (χ2n) is 6.81. The van der Waals surface area contributed by atoms with Gasteiger partial charge in [-0.15, -0.1) is 11.3 Å². The molecular formula is C21H21NO3S2. The largest absolute Gasteiger partial charge is 0.496 e. The fourth-order valence-corrected chi connectivity index (χ4v) is 5.08. The third-order valence-corrected chi connectivity index (χ3v) is 6.94. The van der Waals surface area contributed by atoms with Crippen LogP contribution in [0.2, 0.25) is 0 Å². The zero-order valence-electron chi connectivity index (χ0n) is 15.0. The fourth-order valence-electron chi connectivity index (χ4n) is 3.51. The SMILES string of the molecule is COc1ccccc1C1(C(=O)NCC(O)(c2ccsc2)c2cccs2)CC1. The number of carbonyl (C=O) groups is 1. The molecular weight excluding hydrogens is 378 g/mol. The van der Waals surface area contributed by atoms with Crippen LogP contribution < -0.4 is 10.1 Å². The van der Waals surface area contributed by atoms with Crippen molar-refractivity contribution in [3.63, 3.8) is 0 Å². The number of benzene rings is 1. The fraction of sp³-hybridized carbons (Fsp3) is 0.286. The van der Waals surface area contributed by atoms with Crippen LogP contribution in [0.25, 0.3) is 0 Å². The number of thiophene rings is 2. The first kappa shape index (κ1) is 18.2. The summed E-state index contributed by atoms with van der Waals surface area (Å²) in [6.45, 7) is 0.139. The van der Waals surface area contributed by atoms with E-state index in [1.165, 1.54) is 22.7 Å². The normalized spacial score (nSPS) is 17.1. The molecule has 6 heteroatoms. The summed E-state index contributed by atoms with van der Waals surface area (Å²) >= 11 is 3.02. The van der Waals surface area contributed by atoms with Gasteiger partial charge in [-0.3, -0.25) is 4.79 Å². The summed E-state index contributed by atoms with van der Waals surface area (Å²) in [6.07, 6.45) is 1.57. The standard InChI is InChI=1S/C21H21NO3S2/c1-25-17-6-3-2-5-16(17)20(9-10-20)19(23)22-14-21(24,15-8-12-26-13-15)18-7-4-11-27-18/h2-8,11-13,24H,9-10,14H2,1H3,(H,22,23). The molecule has 0 aliphatic heterocycles. The van der Waals surface area contributed by atoms with Gasteiger partial charge in [-0.25, -0.2) is 0 Å². The van der Waals surface area contributed by atoms with Crippen LogP contribution in [0.4, 0.5) is 0 Å². The molecule has 2 heterocycles. The molecule has 0 bridgehead atoms. The second-order valence-corrected chi connectivity index (χ2v) is 8.54. The van der Waals surface area contributed by atoms with Crippen molar-refractivity contribution in [2.24, 2.45) is 0 Å². The van der Waals surface area contributed by atoms with E-state index in [1.54, 1.807) is 7.11 Å². The van der Waals surface area contributed by atoms with Crippen LogP contribution in [0.15, 0.2) is 58.6 Å². The van der Waals surface area contributed by atoms with Crippen LogP contribution >= 0.6 is 22.7 Å². The maximum atomic E-state index is 13.1. The summed E-state index contributed by atoms with van der Waals surface area (Å²) in [5, 5.41) is 20.2.